The molecule has 1 aromatic heterocycles. The predicted octanol–water partition coefficient (Wildman–Crippen LogP) is 1.12. The second kappa shape index (κ2) is 5.12. The highest BCUT2D eigenvalue weighted by Gasteiger charge is 2.11. The van der Waals surface area contributed by atoms with E-state index >= 15 is 0 Å². The van der Waals surface area contributed by atoms with Gasteiger partial charge in [-0.05, 0) is 6.07 Å². The Morgan fingerprint density at radius 2 is 2.12 bits per heavy atom. The molecule has 1 aromatic carbocycles. The summed E-state index contributed by atoms with van der Waals surface area (Å²) >= 11 is 0. The molecule has 0 aliphatic rings. The first-order valence-electron chi connectivity index (χ1n) is 5.66. The lowest BCUT2D eigenvalue weighted by Gasteiger charge is -2.22. The maximum absolute atomic E-state index is 9.05. The van der Waals surface area contributed by atoms with Crippen LogP contribution < -0.4 is 10.6 Å². The molecule has 0 unspecified atom stereocenters. The molecular formula is C13H17N3O. The van der Waals surface area contributed by atoms with E-state index in [1.807, 2.05) is 42.4 Å². The van der Waals surface area contributed by atoms with Crippen molar-refractivity contribution in [2.45, 2.75) is 6.54 Å². The van der Waals surface area contributed by atoms with Crippen molar-refractivity contribution in [1.82, 2.24) is 4.98 Å². The van der Waals surface area contributed by atoms with Crippen LogP contribution in [0.4, 0.5) is 5.69 Å². The van der Waals surface area contributed by atoms with Crippen LogP contribution in [0.15, 0.2) is 30.5 Å². The average Bonchev–Trinajstić information content (AvgIpc) is 2.37. The van der Waals surface area contributed by atoms with Gasteiger partial charge in [-0.3, -0.25) is 4.98 Å². The molecule has 0 atom stereocenters. The molecule has 0 saturated carbocycles. The van der Waals surface area contributed by atoms with Crippen LogP contribution in [0, 0.1) is 0 Å². The summed E-state index contributed by atoms with van der Waals surface area (Å²) in [4.78, 5) is 6.41. The summed E-state index contributed by atoms with van der Waals surface area (Å²) < 4.78 is 0. The Morgan fingerprint density at radius 1 is 1.35 bits per heavy atom. The van der Waals surface area contributed by atoms with Gasteiger partial charge in [-0.25, -0.2) is 0 Å². The van der Waals surface area contributed by atoms with Crippen molar-refractivity contribution in [1.29, 1.82) is 0 Å². The highest BCUT2D eigenvalue weighted by atomic mass is 16.3. The molecule has 0 spiro atoms. The Kier molecular flexibility index (Phi) is 3.56. The van der Waals surface area contributed by atoms with Crippen molar-refractivity contribution in [2.24, 2.45) is 5.73 Å². The highest BCUT2D eigenvalue weighted by molar-refractivity contribution is 5.93. The van der Waals surface area contributed by atoms with E-state index in [1.54, 1.807) is 0 Å². The molecule has 0 aliphatic heterocycles. The molecule has 2 rings (SSSR count). The average molecular weight is 231 g/mol. The number of nitrogens with zero attached hydrogens (tertiary/aromatic N) is 2. The molecule has 2 aromatic rings. The minimum atomic E-state index is 0.122. The Bertz CT molecular complexity index is 513. The normalized spacial score (nSPS) is 10.8. The summed E-state index contributed by atoms with van der Waals surface area (Å²) in [5.74, 6) is 0. The standard InChI is InChI=1S/C13H17N3O/c1-16(6-7-17)13-10(8-14)9-15-12-5-3-2-4-11(12)13/h2-5,9,17H,6-8,14H2,1H3. The van der Waals surface area contributed by atoms with E-state index < -0.39 is 0 Å². The number of aliphatic hydroxyl groups is 1. The molecule has 0 aliphatic carbocycles. The van der Waals surface area contributed by atoms with Gasteiger partial charge in [-0.2, -0.15) is 0 Å². The minimum absolute atomic E-state index is 0.122. The van der Waals surface area contributed by atoms with Crippen molar-refractivity contribution in [3.63, 3.8) is 0 Å². The van der Waals surface area contributed by atoms with Crippen LogP contribution in [0.1, 0.15) is 5.56 Å². The van der Waals surface area contributed by atoms with E-state index in [4.69, 9.17) is 10.8 Å². The number of nitrogens with two attached hydrogens (primary N) is 1. The van der Waals surface area contributed by atoms with Crippen molar-refractivity contribution in [2.75, 3.05) is 25.1 Å². The van der Waals surface area contributed by atoms with Gasteiger partial charge in [0.2, 0.25) is 0 Å². The summed E-state index contributed by atoms with van der Waals surface area (Å²) in [5, 5.41) is 10.1. The van der Waals surface area contributed by atoms with E-state index in [-0.39, 0.29) is 6.61 Å². The van der Waals surface area contributed by atoms with E-state index in [2.05, 4.69) is 4.98 Å². The number of rotatable bonds is 4. The number of para-hydroxylation sites is 1. The smallest absolute Gasteiger partial charge is 0.0723 e. The highest BCUT2D eigenvalue weighted by Crippen LogP contribution is 2.28. The van der Waals surface area contributed by atoms with E-state index in [1.165, 1.54) is 0 Å². The van der Waals surface area contributed by atoms with Crippen LogP contribution in [-0.4, -0.2) is 30.3 Å². The lowest BCUT2D eigenvalue weighted by molar-refractivity contribution is 0.304. The quantitative estimate of drug-likeness (QED) is 0.827. The number of hydrogen-bond acceptors (Lipinski definition) is 4. The van der Waals surface area contributed by atoms with E-state index in [0.717, 1.165) is 22.2 Å². The molecule has 4 heteroatoms. The molecule has 0 fully saturated rings. The fraction of sp³-hybridized carbons (Fsp3) is 0.308. The number of anilines is 1. The third-order valence-corrected chi connectivity index (χ3v) is 2.86. The van der Waals surface area contributed by atoms with Gasteiger partial charge < -0.3 is 15.7 Å². The fourth-order valence-corrected chi connectivity index (χ4v) is 2.03. The molecule has 90 valence electrons. The van der Waals surface area contributed by atoms with Crippen molar-refractivity contribution >= 4 is 16.6 Å². The van der Waals surface area contributed by atoms with Crippen LogP contribution in [0.2, 0.25) is 0 Å². The molecule has 1 heterocycles. The largest absolute Gasteiger partial charge is 0.395 e. The molecule has 17 heavy (non-hydrogen) atoms. The number of benzene rings is 1. The maximum Gasteiger partial charge on any atom is 0.0723 e. The number of fused-ring (bicyclic) bond motifs is 1. The zero-order valence-corrected chi connectivity index (χ0v) is 9.93. The number of likely N-dealkylation sites (N-methyl/N-ethyl adjacent to an activating group) is 1. The van der Waals surface area contributed by atoms with Gasteiger partial charge in [0.15, 0.2) is 0 Å². The lowest BCUT2D eigenvalue weighted by atomic mass is 10.1. The van der Waals surface area contributed by atoms with Crippen molar-refractivity contribution < 1.29 is 5.11 Å². The van der Waals surface area contributed by atoms with Crippen LogP contribution >= 0.6 is 0 Å². The topological polar surface area (TPSA) is 62.4 Å². The van der Waals surface area contributed by atoms with Crippen molar-refractivity contribution in [3.05, 3.63) is 36.0 Å². The van der Waals surface area contributed by atoms with Crippen LogP contribution in [0.3, 0.4) is 0 Å². The molecule has 0 saturated heterocycles. The molecule has 3 N–H and O–H groups in total. The zero-order chi connectivity index (χ0) is 12.3. The Morgan fingerprint density at radius 3 is 2.82 bits per heavy atom. The first-order valence-corrected chi connectivity index (χ1v) is 5.66. The molecule has 0 radical (unpaired) electrons. The van der Waals surface area contributed by atoms with Gasteiger partial charge in [-0.15, -0.1) is 0 Å². The summed E-state index contributed by atoms with van der Waals surface area (Å²) in [6, 6.07) is 7.96. The van der Waals surface area contributed by atoms with Gasteiger partial charge in [0.1, 0.15) is 0 Å². The first kappa shape index (κ1) is 11.8. The second-order valence-electron chi connectivity index (χ2n) is 4.00. The van der Waals surface area contributed by atoms with E-state index in [9.17, 15) is 0 Å². The predicted molar refractivity (Wildman–Crippen MR) is 70.0 cm³/mol. The van der Waals surface area contributed by atoms with Gasteiger partial charge >= 0.3 is 0 Å². The summed E-state index contributed by atoms with van der Waals surface area (Å²) in [6.07, 6.45) is 1.81. The maximum atomic E-state index is 9.05. The zero-order valence-electron chi connectivity index (χ0n) is 9.93. The number of pyridine rings is 1. The Balaban J connectivity index is 2.62. The number of aliphatic hydroxyl groups excluding tert-OH is 1. The number of hydrogen-bond donors (Lipinski definition) is 2. The van der Waals surface area contributed by atoms with Gasteiger partial charge in [0.05, 0.1) is 17.8 Å². The van der Waals surface area contributed by atoms with Gasteiger partial charge in [0.25, 0.3) is 0 Å². The number of aromatic nitrogens is 1. The van der Waals surface area contributed by atoms with Crippen LogP contribution in [0.25, 0.3) is 10.9 Å². The fourth-order valence-electron chi connectivity index (χ4n) is 2.03. The Hall–Kier alpha value is -1.65. The lowest BCUT2D eigenvalue weighted by Crippen LogP contribution is -2.23. The van der Waals surface area contributed by atoms with Crippen LogP contribution in [-0.2, 0) is 6.54 Å². The Labute approximate surface area is 101 Å². The van der Waals surface area contributed by atoms with Gasteiger partial charge in [-0.1, -0.05) is 18.2 Å². The monoisotopic (exact) mass is 231 g/mol. The summed E-state index contributed by atoms with van der Waals surface area (Å²) in [6.45, 7) is 1.15. The van der Waals surface area contributed by atoms with Gasteiger partial charge in [0, 0.05) is 37.3 Å². The summed E-state index contributed by atoms with van der Waals surface area (Å²) in [5.41, 5.74) is 8.76. The van der Waals surface area contributed by atoms with Crippen molar-refractivity contribution in [3.8, 4) is 0 Å². The third-order valence-electron chi connectivity index (χ3n) is 2.86. The molecule has 4 nitrogen and oxygen atoms in total. The van der Waals surface area contributed by atoms with Crippen LogP contribution in [0.5, 0.6) is 0 Å². The first-order chi connectivity index (χ1) is 8.27. The molecular weight excluding hydrogens is 214 g/mol. The molecule has 0 amide bonds. The molecule has 0 bridgehead atoms. The van der Waals surface area contributed by atoms with E-state index in [0.29, 0.717) is 13.1 Å². The minimum Gasteiger partial charge on any atom is -0.395 e. The third kappa shape index (κ3) is 2.23. The second-order valence-corrected chi connectivity index (χ2v) is 4.00. The SMILES string of the molecule is CN(CCO)c1c(CN)cnc2ccccc12. The summed E-state index contributed by atoms with van der Waals surface area (Å²) in [7, 11) is 1.96.